The van der Waals surface area contributed by atoms with Gasteiger partial charge >= 0.3 is 0 Å². The number of nitrogens with zero attached hydrogens (tertiary/aromatic N) is 4. The average molecular weight is 290 g/mol. The van der Waals surface area contributed by atoms with E-state index >= 15 is 0 Å². The molecule has 21 heavy (non-hydrogen) atoms. The maximum absolute atomic E-state index is 12.0. The van der Waals surface area contributed by atoms with Gasteiger partial charge in [0.05, 0.1) is 18.8 Å². The zero-order chi connectivity index (χ0) is 15.4. The van der Waals surface area contributed by atoms with E-state index in [0.29, 0.717) is 11.5 Å². The highest BCUT2D eigenvalue weighted by atomic mass is 16.3. The SMILES string of the molecule is CCCN(CC(=O)N(C)C)c1nc2ccccn2c1CO. The van der Waals surface area contributed by atoms with E-state index in [4.69, 9.17) is 0 Å². The van der Waals surface area contributed by atoms with E-state index < -0.39 is 0 Å². The molecule has 6 nitrogen and oxygen atoms in total. The number of anilines is 1. The van der Waals surface area contributed by atoms with Crippen molar-refractivity contribution in [1.82, 2.24) is 14.3 Å². The van der Waals surface area contributed by atoms with Gasteiger partial charge in [-0.05, 0) is 18.6 Å². The third kappa shape index (κ3) is 3.16. The number of aliphatic hydroxyl groups excluding tert-OH is 1. The lowest BCUT2D eigenvalue weighted by Crippen LogP contribution is -2.37. The molecule has 0 bridgehead atoms. The van der Waals surface area contributed by atoms with Crippen LogP contribution in [0.2, 0.25) is 0 Å². The third-order valence-electron chi connectivity index (χ3n) is 3.38. The first kappa shape index (κ1) is 15.3. The number of pyridine rings is 1. The summed E-state index contributed by atoms with van der Waals surface area (Å²) in [6, 6.07) is 5.69. The summed E-state index contributed by atoms with van der Waals surface area (Å²) < 4.78 is 1.86. The fourth-order valence-corrected chi connectivity index (χ4v) is 2.27. The predicted octanol–water partition coefficient (Wildman–Crippen LogP) is 1.13. The Kier molecular flexibility index (Phi) is 4.80. The second kappa shape index (κ2) is 6.58. The second-order valence-corrected chi connectivity index (χ2v) is 5.18. The first-order valence-electron chi connectivity index (χ1n) is 7.10. The van der Waals surface area contributed by atoms with Crippen LogP contribution in [-0.4, -0.2) is 52.5 Å². The van der Waals surface area contributed by atoms with E-state index in [-0.39, 0.29) is 19.1 Å². The molecule has 2 aromatic heterocycles. The summed E-state index contributed by atoms with van der Waals surface area (Å²) in [6.07, 6.45) is 2.77. The van der Waals surface area contributed by atoms with E-state index in [0.717, 1.165) is 18.6 Å². The smallest absolute Gasteiger partial charge is 0.241 e. The molecule has 0 radical (unpaired) electrons. The number of hydrogen-bond donors (Lipinski definition) is 1. The van der Waals surface area contributed by atoms with Crippen LogP contribution in [0.1, 0.15) is 19.0 Å². The molecule has 1 N–H and O–H groups in total. The zero-order valence-corrected chi connectivity index (χ0v) is 12.8. The van der Waals surface area contributed by atoms with E-state index in [1.165, 1.54) is 0 Å². The number of fused-ring (bicyclic) bond motifs is 1. The van der Waals surface area contributed by atoms with Crippen LogP contribution in [0.15, 0.2) is 24.4 Å². The van der Waals surface area contributed by atoms with Gasteiger partial charge in [-0.15, -0.1) is 0 Å². The highest BCUT2D eigenvalue weighted by Gasteiger charge is 2.20. The van der Waals surface area contributed by atoms with E-state index in [1.807, 2.05) is 33.7 Å². The van der Waals surface area contributed by atoms with Gasteiger partial charge in [0.2, 0.25) is 5.91 Å². The summed E-state index contributed by atoms with van der Waals surface area (Å²) >= 11 is 0. The van der Waals surface area contributed by atoms with Gasteiger partial charge in [0, 0.05) is 26.8 Å². The van der Waals surface area contributed by atoms with Crippen LogP contribution >= 0.6 is 0 Å². The predicted molar refractivity (Wildman–Crippen MR) is 82.3 cm³/mol. The molecule has 0 aliphatic carbocycles. The zero-order valence-electron chi connectivity index (χ0n) is 12.8. The number of carbonyl (C=O) groups is 1. The maximum Gasteiger partial charge on any atom is 0.241 e. The van der Waals surface area contributed by atoms with Gasteiger partial charge in [0.15, 0.2) is 5.82 Å². The van der Waals surface area contributed by atoms with Gasteiger partial charge in [-0.1, -0.05) is 13.0 Å². The molecule has 0 fully saturated rings. The normalized spacial score (nSPS) is 10.9. The molecule has 2 heterocycles. The molecule has 0 aliphatic rings. The van der Waals surface area contributed by atoms with Crippen LogP contribution in [0.3, 0.4) is 0 Å². The third-order valence-corrected chi connectivity index (χ3v) is 3.38. The standard InChI is InChI=1S/C15H22N4O2/c1-4-8-18(10-14(21)17(2)3)15-12(11-20)19-9-6-5-7-13(19)16-15/h5-7,9,20H,4,8,10-11H2,1-3H3. The Morgan fingerprint density at radius 2 is 2.14 bits per heavy atom. The monoisotopic (exact) mass is 290 g/mol. The Hall–Kier alpha value is -2.08. The number of imidazole rings is 1. The van der Waals surface area contributed by atoms with Crippen molar-refractivity contribution in [3.63, 3.8) is 0 Å². The number of aliphatic hydroxyl groups is 1. The van der Waals surface area contributed by atoms with Crippen molar-refractivity contribution in [2.24, 2.45) is 0 Å². The van der Waals surface area contributed by atoms with Crippen LogP contribution in [0.5, 0.6) is 0 Å². The number of rotatable bonds is 6. The summed E-state index contributed by atoms with van der Waals surface area (Å²) in [7, 11) is 3.48. The van der Waals surface area contributed by atoms with Crippen molar-refractivity contribution < 1.29 is 9.90 Å². The summed E-state index contributed by atoms with van der Waals surface area (Å²) in [6.45, 7) is 2.92. The molecule has 0 saturated carbocycles. The molecule has 6 heteroatoms. The van der Waals surface area contributed by atoms with Crippen molar-refractivity contribution in [2.75, 3.05) is 32.1 Å². The van der Waals surface area contributed by atoms with Crippen LogP contribution in [-0.2, 0) is 11.4 Å². The number of carbonyl (C=O) groups excluding carboxylic acids is 1. The highest BCUT2D eigenvalue weighted by Crippen LogP contribution is 2.22. The molecular weight excluding hydrogens is 268 g/mol. The lowest BCUT2D eigenvalue weighted by molar-refractivity contribution is -0.127. The van der Waals surface area contributed by atoms with Gasteiger partial charge in [-0.25, -0.2) is 4.98 Å². The molecule has 2 rings (SSSR count). The molecule has 1 amide bonds. The van der Waals surface area contributed by atoms with Crippen LogP contribution in [0.25, 0.3) is 5.65 Å². The largest absolute Gasteiger partial charge is 0.390 e. The van der Waals surface area contributed by atoms with Crippen molar-refractivity contribution in [2.45, 2.75) is 20.0 Å². The summed E-state index contributed by atoms with van der Waals surface area (Å²) in [5, 5.41) is 9.68. The van der Waals surface area contributed by atoms with E-state index in [2.05, 4.69) is 11.9 Å². The molecule has 0 aromatic carbocycles. The van der Waals surface area contributed by atoms with Gasteiger partial charge in [-0.3, -0.25) is 9.20 Å². The number of hydrogen-bond acceptors (Lipinski definition) is 4. The molecule has 114 valence electrons. The number of amides is 1. The summed E-state index contributed by atoms with van der Waals surface area (Å²) in [5.74, 6) is 0.699. The Labute approximate surface area is 124 Å². The summed E-state index contributed by atoms with van der Waals surface area (Å²) in [5.41, 5.74) is 1.49. The molecule has 0 atom stereocenters. The average Bonchev–Trinajstić information content (AvgIpc) is 2.84. The minimum Gasteiger partial charge on any atom is -0.390 e. The van der Waals surface area contributed by atoms with Crippen molar-refractivity contribution >= 4 is 17.4 Å². The molecule has 2 aromatic rings. The lowest BCUT2D eigenvalue weighted by atomic mass is 10.3. The van der Waals surface area contributed by atoms with E-state index in [9.17, 15) is 9.90 Å². The Morgan fingerprint density at radius 3 is 2.76 bits per heavy atom. The molecule has 0 saturated heterocycles. The second-order valence-electron chi connectivity index (χ2n) is 5.18. The van der Waals surface area contributed by atoms with Crippen LogP contribution in [0.4, 0.5) is 5.82 Å². The number of likely N-dealkylation sites (N-methyl/N-ethyl adjacent to an activating group) is 1. The van der Waals surface area contributed by atoms with Crippen molar-refractivity contribution in [3.8, 4) is 0 Å². The number of aromatic nitrogens is 2. The topological polar surface area (TPSA) is 61.1 Å². The van der Waals surface area contributed by atoms with Gasteiger partial charge in [0.1, 0.15) is 5.65 Å². The Bertz CT molecular complexity index is 621. The molecule has 0 aliphatic heterocycles. The quantitative estimate of drug-likeness (QED) is 0.866. The van der Waals surface area contributed by atoms with Crippen molar-refractivity contribution in [3.05, 3.63) is 30.1 Å². The fourth-order valence-electron chi connectivity index (χ4n) is 2.27. The summed E-state index contributed by atoms with van der Waals surface area (Å²) in [4.78, 5) is 20.1. The fraction of sp³-hybridized carbons (Fsp3) is 0.467. The van der Waals surface area contributed by atoms with E-state index in [1.54, 1.807) is 19.0 Å². The highest BCUT2D eigenvalue weighted by molar-refractivity contribution is 5.81. The van der Waals surface area contributed by atoms with Gasteiger partial charge < -0.3 is 14.9 Å². The maximum atomic E-state index is 12.0. The molecule has 0 spiro atoms. The van der Waals surface area contributed by atoms with Crippen LogP contribution < -0.4 is 4.90 Å². The lowest BCUT2D eigenvalue weighted by Gasteiger charge is -2.24. The Morgan fingerprint density at radius 1 is 1.38 bits per heavy atom. The minimum absolute atomic E-state index is 0.0180. The van der Waals surface area contributed by atoms with Crippen molar-refractivity contribution in [1.29, 1.82) is 0 Å². The Balaban J connectivity index is 2.41. The van der Waals surface area contributed by atoms with Crippen LogP contribution in [0, 0.1) is 0 Å². The van der Waals surface area contributed by atoms with Gasteiger partial charge in [0.25, 0.3) is 0 Å². The first-order chi connectivity index (χ1) is 10.1. The minimum atomic E-state index is -0.114. The van der Waals surface area contributed by atoms with Gasteiger partial charge in [-0.2, -0.15) is 0 Å². The first-order valence-corrected chi connectivity index (χ1v) is 7.10. The molecule has 0 unspecified atom stereocenters. The molecular formula is C15H22N4O2.